The van der Waals surface area contributed by atoms with Crippen molar-refractivity contribution in [1.82, 2.24) is 19.8 Å². The Morgan fingerprint density at radius 3 is 2.85 bits per heavy atom. The maximum absolute atomic E-state index is 13.4. The van der Waals surface area contributed by atoms with E-state index in [1.165, 1.54) is 22.7 Å². The quantitative estimate of drug-likeness (QED) is 0.581. The van der Waals surface area contributed by atoms with E-state index in [0.29, 0.717) is 11.2 Å². The molecule has 7 nitrogen and oxygen atoms in total. The molecule has 2 aromatic heterocycles. The second-order valence-corrected chi connectivity index (χ2v) is 6.02. The Hall–Kier alpha value is -3.55. The van der Waals surface area contributed by atoms with Crippen molar-refractivity contribution >= 4 is 28.1 Å². The number of aryl methyl sites for hydroxylation is 1. The number of nitrogens with zero attached hydrogens (tertiary/aromatic N) is 3. The first-order valence-corrected chi connectivity index (χ1v) is 7.90. The third kappa shape index (κ3) is 2.43. The molecule has 4 aromatic rings. The molecular weight excluding hydrogens is 337 g/mol. The Morgan fingerprint density at radius 2 is 2.04 bits per heavy atom. The van der Waals surface area contributed by atoms with Crippen LogP contribution in [-0.2, 0) is 0 Å². The number of amides is 1. The molecular formula is C18H14FN5O2. The lowest BCUT2D eigenvalue weighted by molar-refractivity contribution is 0.102. The Labute approximate surface area is 146 Å². The summed E-state index contributed by atoms with van der Waals surface area (Å²) in [5.41, 5.74) is 2.64. The number of H-pyrrole nitrogens is 1. The first-order valence-electron chi connectivity index (χ1n) is 7.90. The smallest absolute Gasteiger partial charge is 0.278 e. The van der Waals surface area contributed by atoms with Crippen molar-refractivity contribution in [3.63, 3.8) is 0 Å². The molecule has 0 saturated carbocycles. The number of nitrogens with one attached hydrogen (secondary N) is 2. The summed E-state index contributed by atoms with van der Waals surface area (Å²) < 4.78 is 14.6. The molecule has 0 spiro atoms. The molecule has 0 fully saturated rings. The molecule has 0 aliphatic carbocycles. The van der Waals surface area contributed by atoms with Gasteiger partial charge in [0.25, 0.3) is 11.5 Å². The summed E-state index contributed by atoms with van der Waals surface area (Å²) in [5.74, 6) is -1.03. The highest BCUT2D eigenvalue weighted by molar-refractivity contribution is 6.08. The fraction of sp³-hybridized carbons (Fsp3) is 0.111. The predicted molar refractivity (Wildman–Crippen MR) is 94.9 cm³/mol. The number of halogens is 1. The third-order valence-electron chi connectivity index (χ3n) is 4.39. The van der Waals surface area contributed by atoms with E-state index in [-0.39, 0.29) is 16.7 Å². The number of hydrogen-bond acceptors (Lipinski definition) is 4. The Balaban J connectivity index is 1.84. The standard InChI is InChI=1S/C18H14FN5O2/c1-9-4-3-5-12(10(9)2)20-17(25)15-16-18(26)21-13-8-11(19)6-7-14(13)24(16)23-22-15/h3-8H,1-2H3,(H,20,25)(H,21,26). The summed E-state index contributed by atoms with van der Waals surface area (Å²) >= 11 is 0. The summed E-state index contributed by atoms with van der Waals surface area (Å²) in [6.07, 6.45) is 0. The number of fused-ring (bicyclic) bond motifs is 3. The van der Waals surface area contributed by atoms with Crippen molar-refractivity contribution in [3.05, 3.63) is 69.4 Å². The molecule has 0 saturated heterocycles. The van der Waals surface area contributed by atoms with Gasteiger partial charge in [-0.1, -0.05) is 17.3 Å². The molecule has 2 N–H and O–H groups in total. The Morgan fingerprint density at radius 1 is 1.23 bits per heavy atom. The average Bonchev–Trinajstić information content (AvgIpc) is 3.05. The van der Waals surface area contributed by atoms with Crippen LogP contribution in [0.15, 0.2) is 41.2 Å². The number of carbonyl (C=O) groups excluding carboxylic acids is 1. The fourth-order valence-electron chi connectivity index (χ4n) is 2.85. The molecule has 1 amide bonds. The van der Waals surface area contributed by atoms with E-state index < -0.39 is 17.3 Å². The number of aromatic amines is 1. The molecule has 2 aromatic carbocycles. The van der Waals surface area contributed by atoms with E-state index in [9.17, 15) is 14.0 Å². The van der Waals surface area contributed by atoms with Crippen molar-refractivity contribution in [1.29, 1.82) is 0 Å². The highest BCUT2D eigenvalue weighted by atomic mass is 19.1. The van der Waals surface area contributed by atoms with Crippen LogP contribution in [-0.4, -0.2) is 25.7 Å². The van der Waals surface area contributed by atoms with E-state index in [1.54, 1.807) is 6.07 Å². The van der Waals surface area contributed by atoms with E-state index >= 15 is 0 Å². The molecule has 8 heteroatoms. The summed E-state index contributed by atoms with van der Waals surface area (Å²) in [6.45, 7) is 3.83. The van der Waals surface area contributed by atoms with Gasteiger partial charge in [0.1, 0.15) is 5.82 Å². The highest BCUT2D eigenvalue weighted by Gasteiger charge is 2.20. The van der Waals surface area contributed by atoms with Crippen LogP contribution in [0.2, 0.25) is 0 Å². The van der Waals surface area contributed by atoms with Gasteiger partial charge >= 0.3 is 0 Å². The lowest BCUT2D eigenvalue weighted by Crippen LogP contribution is -2.18. The van der Waals surface area contributed by atoms with Gasteiger partial charge < -0.3 is 10.3 Å². The minimum Gasteiger partial charge on any atom is -0.320 e. The van der Waals surface area contributed by atoms with Gasteiger partial charge in [-0.3, -0.25) is 9.59 Å². The second-order valence-electron chi connectivity index (χ2n) is 6.02. The maximum Gasteiger partial charge on any atom is 0.278 e. The lowest BCUT2D eigenvalue weighted by atomic mass is 10.1. The van der Waals surface area contributed by atoms with Gasteiger partial charge in [0.2, 0.25) is 0 Å². The van der Waals surface area contributed by atoms with E-state index in [1.807, 2.05) is 26.0 Å². The minimum atomic E-state index is -0.570. The minimum absolute atomic E-state index is 0.00640. The largest absolute Gasteiger partial charge is 0.320 e. The number of anilines is 1. The van der Waals surface area contributed by atoms with Crippen molar-refractivity contribution in [2.24, 2.45) is 0 Å². The number of aromatic nitrogens is 4. The van der Waals surface area contributed by atoms with Crippen molar-refractivity contribution in [3.8, 4) is 0 Å². The van der Waals surface area contributed by atoms with Crippen LogP contribution in [0.3, 0.4) is 0 Å². The van der Waals surface area contributed by atoms with Gasteiger partial charge in [0.05, 0.1) is 11.0 Å². The molecule has 0 aliphatic rings. The van der Waals surface area contributed by atoms with Crippen LogP contribution >= 0.6 is 0 Å². The molecule has 0 unspecified atom stereocenters. The molecule has 0 atom stereocenters. The molecule has 0 radical (unpaired) electrons. The average molecular weight is 351 g/mol. The van der Waals surface area contributed by atoms with Gasteiger partial charge in [0, 0.05) is 5.69 Å². The van der Waals surface area contributed by atoms with Crippen molar-refractivity contribution in [2.45, 2.75) is 13.8 Å². The van der Waals surface area contributed by atoms with Crippen LogP contribution in [0.25, 0.3) is 16.6 Å². The van der Waals surface area contributed by atoms with E-state index in [2.05, 4.69) is 20.6 Å². The number of hydrogen-bond donors (Lipinski definition) is 2. The first kappa shape index (κ1) is 15.9. The molecule has 130 valence electrons. The Kier molecular flexibility index (Phi) is 3.54. The number of rotatable bonds is 2. The van der Waals surface area contributed by atoms with E-state index in [0.717, 1.165) is 11.1 Å². The normalized spacial score (nSPS) is 11.2. The van der Waals surface area contributed by atoms with Gasteiger partial charge in [-0.2, -0.15) is 0 Å². The molecule has 0 aliphatic heterocycles. The van der Waals surface area contributed by atoms with Crippen LogP contribution in [0.1, 0.15) is 21.6 Å². The van der Waals surface area contributed by atoms with Crippen LogP contribution in [0, 0.1) is 19.7 Å². The summed E-state index contributed by atoms with van der Waals surface area (Å²) in [7, 11) is 0. The fourth-order valence-corrected chi connectivity index (χ4v) is 2.85. The monoisotopic (exact) mass is 351 g/mol. The zero-order valence-electron chi connectivity index (χ0n) is 14.0. The Bertz CT molecular complexity index is 1240. The molecule has 4 rings (SSSR count). The second kappa shape index (κ2) is 5.76. The molecule has 26 heavy (non-hydrogen) atoms. The van der Waals surface area contributed by atoms with Crippen LogP contribution < -0.4 is 10.9 Å². The van der Waals surface area contributed by atoms with Crippen LogP contribution in [0.5, 0.6) is 0 Å². The lowest BCUT2D eigenvalue weighted by Gasteiger charge is -2.09. The number of carbonyl (C=O) groups is 1. The predicted octanol–water partition coefficient (Wildman–Crippen LogP) is 2.58. The number of benzene rings is 2. The van der Waals surface area contributed by atoms with Crippen molar-refractivity contribution in [2.75, 3.05) is 5.32 Å². The zero-order valence-corrected chi connectivity index (χ0v) is 14.0. The topological polar surface area (TPSA) is 92.2 Å². The van der Waals surface area contributed by atoms with Gasteiger partial charge in [-0.05, 0) is 49.2 Å². The third-order valence-corrected chi connectivity index (χ3v) is 4.39. The molecule has 0 bridgehead atoms. The summed E-state index contributed by atoms with van der Waals surface area (Å²) in [6, 6.07) is 9.44. The van der Waals surface area contributed by atoms with Gasteiger partial charge in [-0.15, -0.1) is 5.10 Å². The van der Waals surface area contributed by atoms with Gasteiger partial charge in [-0.25, -0.2) is 8.91 Å². The van der Waals surface area contributed by atoms with Crippen LogP contribution in [0.4, 0.5) is 10.1 Å². The maximum atomic E-state index is 13.4. The summed E-state index contributed by atoms with van der Waals surface area (Å²) in [5, 5.41) is 10.5. The first-order chi connectivity index (χ1) is 12.5. The zero-order chi connectivity index (χ0) is 18.4. The SMILES string of the molecule is Cc1cccc(NC(=O)c2nnn3c2c(=O)[nH]c2cc(F)ccc23)c1C. The van der Waals surface area contributed by atoms with E-state index in [4.69, 9.17) is 0 Å². The highest BCUT2D eigenvalue weighted by Crippen LogP contribution is 2.20. The van der Waals surface area contributed by atoms with Gasteiger partial charge in [0.15, 0.2) is 11.2 Å². The summed E-state index contributed by atoms with van der Waals surface area (Å²) in [4.78, 5) is 27.6. The van der Waals surface area contributed by atoms with Crippen molar-refractivity contribution < 1.29 is 9.18 Å². The molecule has 2 heterocycles.